The van der Waals surface area contributed by atoms with Crippen LogP contribution in [0.3, 0.4) is 0 Å². The SMILES string of the molecule is COc1ccc(NC(=O)/C(C#N)=C\NCCCl)cc1. The smallest absolute Gasteiger partial charge is 0.267 e. The molecule has 2 N–H and O–H groups in total. The molecule has 0 atom stereocenters. The van der Waals surface area contributed by atoms with Gasteiger partial charge in [-0.1, -0.05) is 0 Å². The number of anilines is 1. The van der Waals surface area contributed by atoms with E-state index in [1.807, 2.05) is 6.07 Å². The van der Waals surface area contributed by atoms with Gasteiger partial charge in [0.2, 0.25) is 0 Å². The van der Waals surface area contributed by atoms with Gasteiger partial charge in [0.1, 0.15) is 17.4 Å². The highest BCUT2D eigenvalue weighted by Crippen LogP contribution is 2.15. The Morgan fingerprint density at radius 2 is 2.16 bits per heavy atom. The molecular formula is C13H14ClN3O2. The van der Waals surface area contributed by atoms with Crippen LogP contribution in [0.4, 0.5) is 5.69 Å². The van der Waals surface area contributed by atoms with Crippen LogP contribution in [-0.2, 0) is 4.79 Å². The number of carbonyl (C=O) groups excluding carboxylic acids is 1. The first-order valence-electron chi connectivity index (χ1n) is 5.56. The van der Waals surface area contributed by atoms with Crippen LogP contribution in [0, 0.1) is 11.3 Å². The van der Waals surface area contributed by atoms with E-state index in [1.165, 1.54) is 6.20 Å². The average Bonchev–Trinajstić information content (AvgIpc) is 2.44. The van der Waals surface area contributed by atoms with Crippen molar-refractivity contribution in [1.29, 1.82) is 5.26 Å². The summed E-state index contributed by atoms with van der Waals surface area (Å²) in [5.41, 5.74) is 0.574. The molecule has 0 saturated heterocycles. The average molecular weight is 280 g/mol. The molecule has 0 unspecified atom stereocenters. The Morgan fingerprint density at radius 3 is 2.68 bits per heavy atom. The van der Waals surface area contributed by atoms with Crippen molar-refractivity contribution in [2.24, 2.45) is 0 Å². The molecule has 1 aromatic rings. The number of nitrogens with zero attached hydrogens (tertiary/aromatic N) is 1. The van der Waals surface area contributed by atoms with Crippen LogP contribution >= 0.6 is 11.6 Å². The van der Waals surface area contributed by atoms with Crippen molar-refractivity contribution in [2.75, 3.05) is 24.9 Å². The van der Waals surface area contributed by atoms with Crippen LogP contribution in [0.15, 0.2) is 36.0 Å². The van der Waals surface area contributed by atoms with E-state index in [0.29, 0.717) is 23.9 Å². The van der Waals surface area contributed by atoms with Gasteiger partial charge in [0.15, 0.2) is 0 Å². The van der Waals surface area contributed by atoms with Gasteiger partial charge in [-0.15, -0.1) is 11.6 Å². The summed E-state index contributed by atoms with van der Waals surface area (Å²) in [6.45, 7) is 0.489. The van der Waals surface area contributed by atoms with Gasteiger partial charge in [-0.25, -0.2) is 0 Å². The number of hydrogen-bond acceptors (Lipinski definition) is 4. The van der Waals surface area contributed by atoms with Gasteiger partial charge in [0.25, 0.3) is 5.91 Å². The summed E-state index contributed by atoms with van der Waals surface area (Å²) in [6.07, 6.45) is 1.35. The Bertz CT molecular complexity index is 492. The predicted molar refractivity (Wildman–Crippen MR) is 74.0 cm³/mol. The highest BCUT2D eigenvalue weighted by atomic mass is 35.5. The summed E-state index contributed by atoms with van der Waals surface area (Å²) in [7, 11) is 1.56. The molecule has 0 radical (unpaired) electrons. The molecule has 1 amide bonds. The maximum atomic E-state index is 11.8. The molecule has 6 heteroatoms. The van der Waals surface area contributed by atoms with Crippen LogP contribution < -0.4 is 15.4 Å². The summed E-state index contributed by atoms with van der Waals surface area (Å²) in [6, 6.07) is 8.65. The number of carbonyl (C=O) groups is 1. The number of benzene rings is 1. The fraction of sp³-hybridized carbons (Fsp3) is 0.231. The highest BCUT2D eigenvalue weighted by molar-refractivity contribution is 6.18. The summed E-state index contributed by atoms with van der Waals surface area (Å²) >= 11 is 5.48. The minimum atomic E-state index is -0.477. The van der Waals surface area contributed by atoms with E-state index in [0.717, 1.165) is 0 Å². The van der Waals surface area contributed by atoms with Crippen molar-refractivity contribution in [3.05, 3.63) is 36.0 Å². The maximum absolute atomic E-state index is 11.8. The lowest BCUT2D eigenvalue weighted by molar-refractivity contribution is -0.112. The van der Waals surface area contributed by atoms with Gasteiger partial charge in [-0.3, -0.25) is 4.79 Å². The molecule has 1 aromatic carbocycles. The minimum absolute atomic E-state index is 0.0130. The maximum Gasteiger partial charge on any atom is 0.267 e. The van der Waals surface area contributed by atoms with E-state index in [4.69, 9.17) is 21.6 Å². The van der Waals surface area contributed by atoms with E-state index in [-0.39, 0.29) is 5.57 Å². The zero-order valence-corrected chi connectivity index (χ0v) is 11.2. The number of methoxy groups -OCH3 is 1. The number of ether oxygens (including phenoxy) is 1. The second-order valence-corrected chi connectivity index (χ2v) is 3.87. The molecule has 19 heavy (non-hydrogen) atoms. The number of nitrogens with one attached hydrogen (secondary N) is 2. The fourth-order valence-corrected chi connectivity index (χ4v) is 1.36. The molecule has 1 rings (SSSR count). The number of halogens is 1. The third-order valence-corrected chi connectivity index (χ3v) is 2.39. The monoisotopic (exact) mass is 279 g/mol. The van der Waals surface area contributed by atoms with Crippen molar-refractivity contribution >= 4 is 23.2 Å². The Labute approximate surface area is 116 Å². The summed E-state index contributed by atoms with van der Waals surface area (Å²) < 4.78 is 5.01. The van der Waals surface area contributed by atoms with Crippen LogP contribution in [0.2, 0.25) is 0 Å². The summed E-state index contributed by atoms with van der Waals surface area (Å²) in [5.74, 6) is 0.613. The number of hydrogen-bond donors (Lipinski definition) is 2. The molecule has 0 aliphatic rings. The van der Waals surface area contributed by atoms with Crippen molar-refractivity contribution in [1.82, 2.24) is 5.32 Å². The lowest BCUT2D eigenvalue weighted by Gasteiger charge is -2.05. The van der Waals surface area contributed by atoms with Crippen molar-refractivity contribution < 1.29 is 9.53 Å². The first-order chi connectivity index (χ1) is 9.21. The Balaban J connectivity index is 2.66. The largest absolute Gasteiger partial charge is 0.497 e. The van der Waals surface area contributed by atoms with E-state index in [1.54, 1.807) is 31.4 Å². The third-order valence-electron chi connectivity index (χ3n) is 2.20. The molecule has 100 valence electrons. The van der Waals surface area contributed by atoms with E-state index in [2.05, 4.69) is 10.6 Å². The van der Waals surface area contributed by atoms with Gasteiger partial charge in [-0.05, 0) is 24.3 Å². The van der Waals surface area contributed by atoms with E-state index in [9.17, 15) is 4.79 Å². The Kier molecular flexibility index (Phi) is 6.27. The molecular weight excluding hydrogens is 266 g/mol. The zero-order valence-electron chi connectivity index (χ0n) is 10.4. The molecule has 0 aliphatic carbocycles. The van der Waals surface area contributed by atoms with Crippen molar-refractivity contribution in [3.63, 3.8) is 0 Å². The lowest BCUT2D eigenvalue weighted by atomic mass is 10.2. The normalized spacial score (nSPS) is 10.5. The van der Waals surface area contributed by atoms with E-state index >= 15 is 0 Å². The van der Waals surface area contributed by atoms with Crippen LogP contribution in [-0.4, -0.2) is 25.4 Å². The molecule has 5 nitrogen and oxygen atoms in total. The van der Waals surface area contributed by atoms with E-state index < -0.39 is 5.91 Å². The van der Waals surface area contributed by atoms with Gasteiger partial charge in [0, 0.05) is 24.3 Å². The molecule has 0 aliphatic heterocycles. The van der Waals surface area contributed by atoms with Gasteiger partial charge in [-0.2, -0.15) is 5.26 Å². The van der Waals surface area contributed by atoms with Crippen LogP contribution in [0.1, 0.15) is 0 Å². The Hall–Kier alpha value is -2.19. The molecule has 0 heterocycles. The molecule has 0 aromatic heterocycles. The summed E-state index contributed by atoms with van der Waals surface area (Å²) in [4.78, 5) is 11.8. The van der Waals surface area contributed by atoms with Crippen molar-refractivity contribution in [2.45, 2.75) is 0 Å². The van der Waals surface area contributed by atoms with Gasteiger partial charge in [0.05, 0.1) is 7.11 Å². The molecule has 0 spiro atoms. The van der Waals surface area contributed by atoms with Gasteiger partial charge < -0.3 is 15.4 Å². The standard InChI is InChI=1S/C13H14ClN3O2/c1-19-12-4-2-11(3-5-12)17-13(18)10(8-15)9-16-7-6-14/h2-5,9,16H,6-7H2,1H3,(H,17,18)/b10-9-. The second kappa shape index (κ2) is 8.01. The fourth-order valence-electron chi connectivity index (χ4n) is 1.25. The number of nitriles is 1. The number of amides is 1. The lowest BCUT2D eigenvalue weighted by Crippen LogP contribution is -2.17. The van der Waals surface area contributed by atoms with Crippen LogP contribution in [0.5, 0.6) is 5.75 Å². The van der Waals surface area contributed by atoms with Gasteiger partial charge >= 0.3 is 0 Å². The minimum Gasteiger partial charge on any atom is -0.497 e. The highest BCUT2D eigenvalue weighted by Gasteiger charge is 2.08. The quantitative estimate of drug-likeness (QED) is 0.361. The topological polar surface area (TPSA) is 74.1 Å². The summed E-state index contributed by atoms with van der Waals surface area (Å²) in [5, 5.41) is 14.3. The first-order valence-corrected chi connectivity index (χ1v) is 6.09. The molecule has 0 fully saturated rings. The third kappa shape index (κ3) is 4.90. The molecule has 0 saturated carbocycles. The second-order valence-electron chi connectivity index (χ2n) is 3.50. The number of alkyl halides is 1. The van der Waals surface area contributed by atoms with Crippen molar-refractivity contribution in [3.8, 4) is 11.8 Å². The predicted octanol–water partition coefficient (Wildman–Crippen LogP) is 1.87. The first kappa shape index (κ1) is 14.9. The Morgan fingerprint density at radius 1 is 1.47 bits per heavy atom. The molecule has 0 bridgehead atoms. The zero-order chi connectivity index (χ0) is 14.1. The number of rotatable bonds is 6. The van der Waals surface area contributed by atoms with Crippen LogP contribution in [0.25, 0.3) is 0 Å².